The van der Waals surface area contributed by atoms with Crippen LogP contribution in [0.5, 0.6) is 0 Å². The minimum absolute atomic E-state index is 0.265. The highest BCUT2D eigenvalue weighted by Crippen LogP contribution is 2.12. The standard InChI is InChI=1S/C13H18F2O2/c1-2-17-5-3-4-13(16)8-10-6-11(14)9-12(15)7-10/h6-7,9,13,16H,2-5,8H2,1H3. The van der Waals surface area contributed by atoms with Crippen molar-refractivity contribution in [1.82, 2.24) is 0 Å². The van der Waals surface area contributed by atoms with Gasteiger partial charge in [-0.2, -0.15) is 0 Å². The lowest BCUT2D eigenvalue weighted by molar-refractivity contribution is 0.114. The zero-order valence-electron chi connectivity index (χ0n) is 9.96. The van der Waals surface area contributed by atoms with E-state index in [1.54, 1.807) is 0 Å². The molecule has 0 aliphatic heterocycles. The van der Waals surface area contributed by atoms with Crippen molar-refractivity contribution in [1.29, 1.82) is 0 Å². The van der Waals surface area contributed by atoms with E-state index >= 15 is 0 Å². The lowest BCUT2D eigenvalue weighted by Crippen LogP contribution is -2.12. The van der Waals surface area contributed by atoms with Gasteiger partial charge in [-0.15, -0.1) is 0 Å². The summed E-state index contributed by atoms with van der Waals surface area (Å²) in [5.74, 6) is -1.22. The number of ether oxygens (including phenoxy) is 1. The van der Waals surface area contributed by atoms with Crippen molar-refractivity contribution in [3.63, 3.8) is 0 Å². The highest BCUT2D eigenvalue weighted by Gasteiger charge is 2.07. The molecule has 1 unspecified atom stereocenters. The molecule has 2 nitrogen and oxygen atoms in total. The Bertz CT molecular complexity index is 322. The van der Waals surface area contributed by atoms with Gasteiger partial charge in [-0.25, -0.2) is 8.78 Å². The molecule has 0 bridgehead atoms. The number of benzene rings is 1. The van der Waals surface area contributed by atoms with Crippen LogP contribution >= 0.6 is 0 Å². The fraction of sp³-hybridized carbons (Fsp3) is 0.538. The van der Waals surface area contributed by atoms with Crippen LogP contribution in [0.2, 0.25) is 0 Å². The maximum Gasteiger partial charge on any atom is 0.126 e. The molecule has 1 aromatic carbocycles. The molecular formula is C13H18F2O2. The smallest absolute Gasteiger partial charge is 0.126 e. The Balaban J connectivity index is 2.36. The Morgan fingerprint density at radius 1 is 1.24 bits per heavy atom. The second kappa shape index (κ2) is 7.35. The van der Waals surface area contributed by atoms with Crippen molar-refractivity contribution < 1.29 is 18.6 Å². The maximum absolute atomic E-state index is 12.9. The van der Waals surface area contributed by atoms with E-state index in [1.807, 2.05) is 6.92 Å². The lowest BCUT2D eigenvalue weighted by atomic mass is 10.0. The fourth-order valence-corrected chi connectivity index (χ4v) is 1.67. The quantitative estimate of drug-likeness (QED) is 0.747. The summed E-state index contributed by atoms with van der Waals surface area (Å²) in [7, 11) is 0. The molecule has 0 aromatic heterocycles. The van der Waals surface area contributed by atoms with Gasteiger partial charge in [0.1, 0.15) is 11.6 Å². The van der Waals surface area contributed by atoms with Crippen LogP contribution in [-0.2, 0) is 11.2 Å². The minimum atomic E-state index is -0.610. The Hall–Kier alpha value is -1.00. The molecule has 0 saturated heterocycles. The van der Waals surface area contributed by atoms with Gasteiger partial charge in [0.05, 0.1) is 6.10 Å². The van der Waals surface area contributed by atoms with Crippen LogP contribution in [0, 0.1) is 11.6 Å². The van der Waals surface area contributed by atoms with Gasteiger partial charge in [0, 0.05) is 19.3 Å². The summed E-state index contributed by atoms with van der Waals surface area (Å²) in [6.07, 6.45) is 0.989. The monoisotopic (exact) mass is 244 g/mol. The second-order valence-corrected chi connectivity index (χ2v) is 3.97. The summed E-state index contributed by atoms with van der Waals surface area (Å²) in [5, 5.41) is 9.68. The van der Waals surface area contributed by atoms with Gasteiger partial charge in [0.2, 0.25) is 0 Å². The summed E-state index contributed by atoms with van der Waals surface area (Å²) in [5.41, 5.74) is 0.478. The highest BCUT2D eigenvalue weighted by molar-refractivity contribution is 5.18. The van der Waals surface area contributed by atoms with Crippen LogP contribution < -0.4 is 0 Å². The number of aliphatic hydroxyl groups excluding tert-OH is 1. The molecule has 0 aliphatic rings. The van der Waals surface area contributed by atoms with Gasteiger partial charge >= 0.3 is 0 Å². The number of rotatable bonds is 7. The maximum atomic E-state index is 12.9. The van der Waals surface area contributed by atoms with Crippen LogP contribution in [0.4, 0.5) is 8.78 Å². The van der Waals surface area contributed by atoms with E-state index in [0.717, 1.165) is 12.5 Å². The summed E-state index contributed by atoms with van der Waals surface area (Å²) in [4.78, 5) is 0. The minimum Gasteiger partial charge on any atom is -0.393 e. The van der Waals surface area contributed by atoms with Crippen LogP contribution in [0.25, 0.3) is 0 Å². The fourth-order valence-electron chi connectivity index (χ4n) is 1.67. The van der Waals surface area contributed by atoms with Gasteiger partial charge in [-0.05, 0) is 43.9 Å². The SMILES string of the molecule is CCOCCCC(O)Cc1cc(F)cc(F)c1. The molecule has 1 atom stereocenters. The summed E-state index contributed by atoms with van der Waals surface area (Å²) >= 11 is 0. The van der Waals surface area contributed by atoms with Crippen molar-refractivity contribution in [3.8, 4) is 0 Å². The summed E-state index contributed by atoms with van der Waals surface area (Å²) < 4.78 is 30.9. The van der Waals surface area contributed by atoms with Gasteiger partial charge in [0.25, 0.3) is 0 Å². The van der Waals surface area contributed by atoms with Crippen molar-refractivity contribution in [3.05, 3.63) is 35.4 Å². The largest absolute Gasteiger partial charge is 0.393 e. The molecule has 1 rings (SSSR count). The summed E-state index contributed by atoms with van der Waals surface area (Å²) in [6, 6.07) is 3.31. The molecule has 0 aliphatic carbocycles. The third-order valence-electron chi connectivity index (χ3n) is 2.42. The van der Waals surface area contributed by atoms with E-state index in [-0.39, 0.29) is 6.42 Å². The first kappa shape index (κ1) is 14.1. The van der Waals surface area contributed by atoms with Gasteiger partial charge < -0.3 is 9.84 Å². The van der Waals surface area contributed by atoms with E-state index in [9.17, 15) is 13.9 Å². The van der Waals surface area contributed by atoms with Crippen LogP contribution in [-0.4, -0.2) is 24.4 Å². The molecule has 1 N–H and O–H groups in total. The van der Waals surface area contributed by atoms with Crippen LogP contribution in [0.15, 0.2) is 18.2 Å². The molecule has 0 fully saturated rings. The molecule has 0 radical (unpaired) electrons. The topological polar surface area (TPSA) is 29.5 Å². The molecule has 0 heterocycles. The molecule has 0 spiro atoms. The van der Waals surface area contributed by atoms with E-state index < -0.39 is 17.7 Å². The molecule has 4 heteroatoms. The van der Waals surface area contributed by atoms with Gasteiger partial charge in [-0.3, -0.25) is 0 Å². The molecule has 0 saturated carbocycles. The predicted octanol–water partition coefficient (Wildman–Crippen LogP) is 2.68. The zero-order valence-corrected chi connectivity index (χ0v) is 9.96. The second-order valence-electron chi connectivity index (χ2n) is 3.97. The third kappa shape index (κ3) is 5.75. The first-order chi connectivity index (χ1) is 8.11. The molecule has 17 heavy (non-hydrogen) atoms. The van der Waals surface area contributed by atoms with E-state index in [2.05, 4.69) is 0 Å². The first-order valence-corrected chi connectivity index (χ1v) is 5.82. The Kier molecular flexibility index (Phi) is 6.08. The first-order valence-electron chi connectivity index (χ1n) is 5.82. The van der Waals surface area contributed by atoms with E-state index in [4.69, 9.17) is 4.74 Å². The van der Waals surface area contributed by atoms with Crippen LogP contribution in [0.1, 0.15) is 25.3 Å². The van der Waals surface area contributed by atoms with E-state index in [1.165, 1.54) is 12.1 Å². The van der Waals surface area contributed by atoms with Crippen LogP contribution in [0.3, 0.4) is 0 Å². The van der Waals surface area contributed by atoms with Gasteiger partial charge in [-0.1, -0.05) is 0 Å². The van der Waals surface area contributed by atoms with Gasteiger partial charge in [0.15, 0.2) is 0 Å². The van der Waals surface area contributed by atoms with E-state index in [0.29, 0.717) is 25.2 Å². The number of hydrogen-bond donors (Lipinski definition) is 1. The highest BCUT2D eigenvalue weighted by atomic mass is 19.1. The number of halogens is 2. The third-order valence-corrected chi connectivity index (χ3v) is 2.42. The Morgan fingerprint density at radius 3 is 2.47 bits per heavy atom. The molecule has 1 aromatic rings. The normalized spacial score (nSPS) is 12.7. The van der Waals surface area contributed by atoms with Crippen molar-refractivity contribution in [2.75, 3.05) is 13.2 Å². The number of aliphatic hydroxyl groups is 1. The van der Waals surface area contributed by atoms with Crippen molar-refractivity contribution in [2.24, 2.45) is 0 Å². The molecule has 0 amide bonds. The summed E-state index contributed by atoms with van der Waals surface area (Å²) in [6.45, 7) is 3.17. The predicted molar refractivity (Wildman–Crippen MR) is 61.8 cm³/mol. The lowest BCUT2D eigenvalue weighted by Gasteiger charge is -2.10. The Labute approximate surface area is 100 Å². The average molecular weight is 244 g/mol. The molecular weight excluding hydrogens is 226 g/mol. The van der Waals surface area contributed by atoms with Crippen molar-refractivity contribution in [2.45, 2.75) is 32.3 Å². The van der Waals surface area contributed by atoms with Crippen molar-refractivity contribution >= 4 is 0 Å². The zero-order chi connectivity index (χ0) is 12.7. The molecule has 96 valence electrons. The average Bonchev–Trinajstić information content (AvgIpc) is 2.23. The Morgan fingerprint density at radius 2 is 1.88 bits per heavy atom. The number of hydrogen-bond acceptors (Lipinski definition) is 2.